The fourth-order valence-corrected chi connectivity index (χ4v) is 3.46. The highest BCUT2D eigenvalue weighted by Crippen LogP contribution is 2.09. The summed E-state index contributed by atoms with van der Waals surface area (Å²) in [5.74, 6) is -2.79. The highest BCUT2D eigenvalue weighted by Gasteiger charge is 2.31. The highest BCUT2D eigenvalue weighted by molar-refractivity contribution is 5.94. The Hall–Kier alpha value is -2.24. The average Bonchev–Trinajstić information content (AvgIpc) is 2.74. The summed E-state index contributed by atoms with van der Waals surface area (Å²) in [4.78, 5) is 50.0. The molecule has 0 saturated carbocycles. The SMILES string of the molecule is CC(C)CC(N)C(=O)NC(CCCCN)C(=O)NC(C(=O)NC(CCCCN)C(=O)O)C(C)C. The Balaban J connectivity index is 5.36. The number of carboxylic acids is 1. The van der Waals surface area contributed by atoms with E-state index in [9.17, 15) is 24.3 Å². The molecule has 0 spiro atoms. The van der Waals surface area contributed by atoms with Crippen LogP contribution >= 0.6 is 0 Å². The monoisotopic (exact) mass is 486 g/mol. The van der Waals surface area contributed by atoms with Gasteiger partial charge in [-0.2, -0.15) is 0 Å². The van der Waals surface area contributed by atoms with E-state index in [1.165, 1.54) is 0 Å². The van der Waals surface area contributed by atoms with E-state index in [0.29, 0.717) is 51.6 Å². The van der Waals surface area contributed by atoms with Gasteiger partial charge in [-0.25, -0.2) is 4.79 Å². The van der Waals surface area contributed by atoms with Crippen molar-refractivity contribution in [3.63, 3.8) is 0 Å². The van der Waals surface area contributed by atoms with Crippen molar-refractivity contribution in [2.24, 2.45) is 29.0 Å². The van der Waals surface area contributed by atoms with Crippen molar-refractivity contribution < 1.29 is 24.3 Å². The molecular formula is C23H46N6O5. The van der Waals surface area contributed by atoms with E-state index >= 15 is 0 Å². The largest absolute Gasteiger partial charge is 0.480 e. The van der Waals surface area contributed by atoms with Crippen LogP contribution in [0.2, 0.25) is 0 Å². The van der Waals surface area contributed by atoms with E-state index in [4.69, 9.17) is 17.2 Å². The second kappa shape index (κ2) is 17.2. The zero-order valence-electron chi connectivity index (χ0n) is 21.1. The number of carbonyl (C=O) groups is 4. The smallest absolute Gasteiger partial charge is 0.326 e. The van der Waals surface area contributed by atoms with E-state index in [2.05, 4.69) is 16.0 Å². The molecule has 4 atom stereocenters. The Bertz CT molecular complexity index is 643. The number of rotatable bonds is 18. The Morgan fingerprint density at radius 1 is 0.735 bits per heavy atom. The van der Waals surface area contributed by atoms with Crippen molar-refractivity contribution in [3.05, 3.63) is 0 Å². The molecule has 4 unspecified atom stereocenters. The maximum absolute atomic E-state index is 13.1. The third kappa shape index (κ3) is 12.9. The molecule has 198 valence electrons. The zero-order chi connectivity index (χ0) is 26.3. The molecule has 3 amide bonds. The summed E-state index contributed by atoms with van der Waals surface area (Å²) in [6.45, 7) is 8.27. The minimum absolute atomic E-state index is 0.214. The molecule has 0 aromatic rings. The maximum atomic E-state index is 13.1. The van der Waals surface area contributed by atoms with Crippen molar-refractivity contribution >= 4 is 23.7 Å². The molecular weight excluding hydrogens is 440 g/mol. The fourth-order valence-electron chi connectivity index (χ4n) is 3.46. The van der Waals surface area contributed by atoms with E-state index in [0.717, 1.165) is 0 Å². The van der Waals surface area contributed by atoms with Crippen LogP contribution in [0.4, 0.5) is 0 Å². The molecule has 11 heteroatoms. The summed E-state index contributed by atoms with van der Waals surface area (Å²) in [7, 11) is 0. The van der Waals surface area contributed by atoms with Gasteiger partial charge in [0.15, 0.2) is 0 Å². The Kier molecular flexibility index (Phi) is 16.1. The van der Waals surface area contributed by atoms with Gasteiger partial charge in [0.2, 0.25) is 17.7 Å². The fraction of sp³-hybridized carbons (Fsp3) is 0.826. The van der Waals surface area contributed by atoms with Gasteiger partial charge in [0.25, 0.3) is 0 Å². The molecule has 0 aliphatic carbocycles. The Labute approximate surface area is 203 Å². The molecule has 0 aliphatic rings. The number of carboxylic acid groups (broad SMARTS) is 1. The summed E-state index contributed by atoms with van der Waals surface area (Å²) in [6, 6.07) is -3.68. The normalized spacial score (nSPS) is 14.9. The van der Waals surface area contributed by atoms with Crippen LogP contribution in [-0.2, 0) is 19.2 Å². The molecule has 0 heterocycles. The van der Waals surface area contributed by atoms with Gasteiger partial charge in [0.05, 0.1) is 6.04 Å². The number of hydrogen-bond acceptors (Lipinski definition) is 7. The molecule has 0 bridgehead atoms. The molecule has 0 aliphatic heterocycles. The van der Waals surface area contributed by atoms with Crippen molar-refractivity contribution in [3.8, 4) is 0 Å². The van der Waals surface area contributed by atoms with Crippen LogP contribution in [-0.4, -0.2) is 66.1 Å². The summed E-state index contributed by atoms with van der Waals surface area (Å²) < 4.78 is 0. The number of aliphatic carboxylic acids is 1. The van der Waals surface area contributed by atoms with Gasteiger partial charge in [0.1, 0.15) is 18.1 Å². The van der Waals surface area contributed by atoms with Crippen molar-refractivity contribution in [2.45, 2.75) is 96.8 Å². The van der Waals surface area contributed by atoms with E-state index in [-0.39, 0.29) is 18.3 Å². The van der Waals surface area contributed by atoms with E-state index in [1.54, 1.807) is 13.8 Å². The van der Waals surface area contributed by atoms with Gasteiger partial charge in [0, 0.05) is 0 Å². The van der Waals surface area contributed by atoms with Crippen LogP contribution in [0.5, 0.6) is 0 Å². The number of hydrogen-bond donors (Lipinski definition) is 7. The molecule has 0 aromatic heterocycles. The Morgan fingerprint density at radius 2 is 1.24 bits per heavy atom. The van der Waals surface area contributed by atoms with Crippen molar-refractivity contribution in [1.82, 2.24) is 16.0 Å². The van der Waals surface area contributed by atoms with Crippen LogP contribution in [0.15, 0.2) is 0 Å². The summed E-state index contributed by atoms with van der Waals surface area (Å²) >= 11 is 0. The molecule has 10 N–H and O–H groups in total. The van der Waals surface area contributed by atoms with Gasteiger partial charge < -0.3 is 38.3 Å². The predicted molar refractivity (Wildman–Crippen MR) is 132 cm³/mol. The minimum atomic E-state index is -1.15. The molecule has 0 rings (SSSR count). The second-order valence-corrected chi connectivity index (χ2v) is 9.50. The van der Waals surface area contributed by atoms with Crippen LogP contribution in [0.1, 0.15) is 72.6 Å². The lowest BCUT2D eigenvalue weighted by Crippen LogP contribution is -2.58. The molecule has 34 heavy (non-hydrogen) atoms. The van der Waals surface area contributed by atoms with Gasteiger partial charge in [-0.05, 0) is 69.9 Å². The number of amides is 3. The molecule has 11 nitrogen and oxygen atoms in total. The first-order valence-corrected chi connectivity index (χ1v) is 12.2. The van der Waals surface area contributed by atoms with E-state index < -0.39 is 47.9 Å². The standard InChI is InChI=1S/C23H46N6O5/c1-14(2)13-16(26)20(30)27-17(9-5-7-11-24)21(31)29-19(15(3)4)22(32)28-18(23(33)34)10-6-8-12-25/h14-19H,5-13,24-26H2,1-4H3,(H,27,30)(H,28,32)(H,29,31)(H,33,34). The minimum Gasteiger partial charge on any atom is -0.480 e. The van der Waals surface area contributed by atoms with E-state index in [1.807, 2.05) is 13.8 Å². The third-order valence-electron chi connectivity index (χ3n) is 5.45. The number of nitrogens with one attached hydrogen (secondary N) is 3. The first-order valence-electron chi connectivity index (χ1n) is 12.2. The summed E-state index contributed by atoms with van der Waals surface area (Å²) in [6.07, 6.45) is 3.53. The molecule has 0 radical (unpaired) electrons. The first-order chi connectivity index (χ1) is 15.9. The summed E-state index contributed by atoms with van der Waals surface area (Å²) in [5, 5.41) is 17.4. The number of unbranched alkanes of at least 4 members (excludes halogenated alkanes) is 2. The van der Waals surface area contributed by atoms with Gasteiger partial charge in [-0.3, -0.25) is 14.4 Å². The number of carbonyl (C=O) groups excluding carboxylic acids is 3. The average molecular weight is 487 g/mol. The van der Waals surface area contributed by atoms with Crippen LogP contribution < -0.4 is 33.2 Å². The lowest BCUT2D eigenvalue weighted by Gasteiger charge is -2.27. The lowest BCUT2D eigenvalue weighted by molar-refractivity contribution is -0.142. The van der Waals surface area contributed by atoms with Crippen molar-refractivity contribution in [1.29, 1.82) is 0 Å². The lowest BCUT2D eigenvalue weighted by atomic mass is 10.00. The topological polar surface area (TPSA) is 203 Å². The molecule has 0 aromatic carbocycles. The van der Waals surface area contributed by atoms with Crippen LogP contribution in [0.25, 0.3) is 0 Å². The maximum Gasteiger partial charge on any atom is 0.326 e. The number of nitrogens with two attached hydrogens (primary N) is 3. The van der Waals surface area contributed by atoms with Crippen molar-refractivity contribution in [2.75, 3.05) is 13.1 Å². The van der Waals surface area contributed by atoms with Gasteiger partial charge >= 0.3 is 5.97 Å². The second-order valence-electron chi connectivity index (χ2n) is 9.50. The predicted octanol–water partition coefficient (Wildman–Crippen LogP) is -0.187. The molecule has 0 saturated heterocycles. The highest BCUT2D eigenvalue weighted by atomic mass is 16.4. The Morgan fingerprint density at radius 3 is 1.68 bits per heavy atom. The van der Waals surface area contributed by atoms with Crippen LogP contribution in [0, 0.1) is 11.8 Å². The third-order valence-corrected chi connectivity index (χ3v) is 5.45. The van der Waals surface area contributed by atoms with Crippen LogP contribution in [0.3, 0.4) is 0 Å². The molecule has 0 fully saturated rings. The zero-order valence-corrected chi connectivity index (χ0v) is 21.1. The van der Waals surface area contributed by atoms with Gasteiger partial charge in [-0.1, -0.05) is 27.7 Å². The quantitative estimate of drug-likeness (QED) is 0.129. The summed E-state index contributed by atoms with van der Waals surface area (Å²) in [5.41, 5.74) is 17.0. The first kappa shape index (κ1) is 31.8. The van der Waals surface area contributed by atoms with Gasteiger partial charge in [-0.15, -0.1) is 0 Å².